The quantitative estimate of drug-likeness (QED) is 0.844. The number of nitrogens with one attached hydrogen (secondary N) is 1. The zero-order valence-electron chi connectivity index (χ0n) is 11.1. The van der Waals surface area contributed by atoms with Crippen LogP contribution in [-0.2, 0) is 0 Å². The monoisotopic (exact) mass is 334 g/mol. The van der Waals surface area contributed by atoms with Crippen molar-refractivity contribution < 1.29 is 9.53 Å². The van der Waals surface area contributed by atoms with Crippen molar-refractivity contribution in [2.24, 2.45) is 0 Å². The minimum Gasteiger partial charge on any atom is -0.491 e. The molecule has 0 aliphatic rings. The van der Waals surface area contributed by atoms with Gasteiger partial charge in [0.1, 0.15) is 10.4 Å². The summed E-state index contributed by atoms with van der Waals surface area (Å²) in [7, 11) is 0. The molecule has 0 saturated carbocycles. The maximum atomic E-state index is 12.2. The Labute approximate surface area is 126 Å². The first-order chi connectivity index (χ1) is 9.70. The van der Waals surface area contributed by atoms with E-state index in [1.807, 2.05) is 31.2 Å². The molecule has 0 saturated heterocycles. The predicted octanol–water partition coefficient (Wildman–Crippen LogP) is 3.89. The van der Waals surface area contributed by atoms with Gasteiger partial charge in [-0.2, -0.15) is 0 Å². The van der Waals surface area contributed by atoms with Crippen molar-refractivity contribution in [3.63, 3.8) is 0 Å². The van der Waals surface area contributed by atoms with E-state index in [2.05, 4.69) is 26.2 Å². The van der Waals surface area contributed by atoms with Gasteiger partial charge in [0.15, 0.2) is 0 Å². The molecule has 1 N–H and O–H groups in total. The number of benzene rings is 1. The number of aromatic nitrogens is 1. The third-order valence-electron chi connectivity index (χ3n) is 2.59. The third kappa shape index (κ3) is 3.81. The Kier molecular flexibility index (Phi) is 5.12. The van der Waals surface area contributed by atoms with Crippen LogP contribution in [0.15, 0.2) is 47.2 Å². The van der Waals surface area contributed by atoms with Crippen LogP contribution in [-0.4, -0.2) is 17.5 Å². The Morgan fingerprint density at radius 2 is 2.15 bits per heavy atom. The lowest BCUT2D eigenvalue weighted by molar-refractivity contribution is 0.102. The highest BCUT2D eigenvalue weighted by molar-refractivity contribution is 9.10. The average Bonchev–Trinajstić information content (AvgIpc) is 2.46. The molecule has 5 heteroatoms. The lowest BCUT2D eigenvalue weighted by atomic mass is 10.2. The summed E-state index contributed by atoms with van der Waals surface area (Å²) < 4.78 is 6.24. The fourth-order valence-corrected chi connectivity index (χ4v) is 2.01. The second-order valence-electron chi connectivity index (χ2n) is 4.17. The number of halogens is 1. The van der Waals surface area contributed by atoms with Gasteiger partial charge in [-0.05, 0) is 46.6 Å². The predicted molar refractivity (Wildman–Crippen MR) is 82.1 cm³/mol. The average molecular weight is 335 g/mol. The molecule has 20 heavy (non-hydrogen) atoms. The molecule has 0 aliphatic heterocycles. The topological polar surface area (TPSA) is 51.2 Å². The molecule has 2 aromatic rings. The lowest BCUT2D eigenvalue weighted by Crippen LogP contribution is -2.13. The van der Waals surface area contributed by atoms with Crippen LogP contribution in [0.25, 0.3) is 0 Å². The zero-order chi connectivity index (χ0) is 14.4. The van der Waals surface area contributed by atoms with Crippen LogP contribution in [0.2, 0.25) is 0 Å². The van der Waals surface area contributed by atoms with E-state index in [4.69, 9.17) is 4.74 Å². The number of carbonyl (C=O) groups excluding carboxylic acids is 1. The minimum absolute atomic E-state index is 0.194. The van der Waals surface area contributed by atoms with Crippen molar-refractivity contribution in [1.82, 2.24) is 4.98 Å². The van der Waals surface area contributed by atoms with Crippen molar-refractivity contribution in [3.8, 4) is 5.75 Å². The minimum atomic E-state index is -0.194. The molecule has 0 fully saturated rings. The van der Waals surface area contributed by atoms with Crippen LogP contribution in [0.1, 0.15) is 23.7 Å². The molecule has 104 valence electrons. The Morgan fingerprint density at radius 1 is 1.35 bits per heavy atom. The molecule has 1 amide bonds. The van der Waals surface area contributed by atoms with Gasteiger partial charge in [-0.15, -0.1) is 0 Å². The number of para-hydroxylation sites is 2. The van der Waals surface area contributed by atoms with Gasteiger partial charge in [0.05, 0.1) is 12.3 Å². The van der Waals surface area contributed by atoms with Crippen LogP contribution >= 0.6 is 15.9 Å². The highest BCUT2D eigenvalue weighted by Crippen LogP contribution is 2.24. The summed E-state index contributed by atoms with van der Waals surface area (Å²) in [6.07, 6.45) is 2.50. The summed E-state index contributed by atoms with van der Waals surface area (Å²) in [6.45, 7) is 2.66. The molecule has 0 radical (unpaired) electrons. The van der Waals surface area contributed by atoms with Crippen molar-refractivity contribution in [2.75, 3.05) is 11.9 Å². The number of hydrogen-bond acceptors (Lipinski definition) is 3. The second-order valence-corrected chi connectivity index (χ2v) is 4.98. The van der Waals surface area contributed by atoms with Crippen LogP contribution in [0.4, 0.5) is 5.69 Å². The van der Waals surface area contributed by atoms with E-state index in [0.29, 0.717) is 28.2 Å². The number of rotatable bonds is 5. The van der Waals surface area contributed by atoms with Crippen molar-refractivity contribution in [1.29, 1.82) is 0 Å². The van der Waals surface area contributed by atoms with E-state index in [0.717, 1.165) is 6.42 Å². The van der Waals surface area contributed by atoms with Crippen molar-refractivity contribution >= 4 is 27.5 Å². The third-order valence-corrected chi connectivity index (χ3v) is 3.02. The summed E-state index contributed by atoms with van der Waals surface area (Å²) in [5.74, 6) is 0.483. The van der Waals surface area contributed by atoms with Crippen LogP contribution < -0.4 is 10.1 Å². The lowest BCUT2D eigenvalue weighted by Gasteiger charge is -2.11. The highest BCUT2D eigenvalue weighted by atomic mass is 79.9. The van der Waals surface area contributed by atoms with Gasteiger partial charge in [0.25, 0.3) is 5.91 Å². The van der Waals surface area contributed by atoms with E-state index in [1.54, 1.807) is 18.3 Å². The standard InChI is InChI=1S/C15H15BrN2O2/c1-2-9-20-13-6-4-3-5-12(13)18-15(19)11-7-8-17-14(16)10-11/h3-8,10H,2,9H2,1H3,(H,18,19). The van der Waals surface area contributed by atoms with Crippen LogP contribution in [0.3, 0.4) is 0 Å². The van der Waals surface area contributed by atoms with Gasteiger partial charge >= 0.3 is 0 Å². The van der Waals surface area contributed by atoms with Crippen molar-refractivity contribution in [3.05, 3.63) is 52.8 Å². The van der Waals surface area contributed by atoms with E-state index >= 15 is 0 Å². The van der Waals surface area contributed by atoms with E-state index < -0.39 is 0 Å². The number of carbonyl (C=O) groups is 1. The first-order valence-corrected chi connectivity index (χ1v) is 7.14. The van der Waals surface area contributed by atoms with Crippen LogP contribution in [0, 0.1) is 0 Å². The molecule has 2 rings (SSSR count). The van der Waals surface area contributed by atoms with Crippen molar-refractivity contribution in [2.45, 2.75) is 13.3 Å². The maximum absolute atomic E-state index is 12.2. The molecule has 0 bridgehead atoms. The molecular weight excluding hydrogens is 320 g/mol. The van der Waals surface area contributed by atoms with E-state index in [9.17, 15) is 4.79 Å². The number of amides is 1. The largest absolute Gasteiger partial charge is 0.491 e. The number of ether oxygens (including phenoxy) is 1. The van der Waals surface area contributed by atoms with Crippen LogP contribution in [0.5, 0.6) is 5.75 Å². The summed E-state index contributed by atoms with van der Waals surface area (Å²) in [4.78, 5) is 16.2. The van der Waals surface area contributed by atoms with Gasteiger partial charge < -0.3 is 10.1 Å². The molecule has 0 atom stereocenters. The molecule has 0 aliphatic carbocycles. The van der Waals surface area contributed by atoms with Gasteiger partial charge in [0, 0.05) is 11.8 Å². The molecule has 1 heterocycles. The summed E-state index contributed by atoms with van der Waals surface area (Å²) >= 11 is 3.25. The van der Waals surface area contributed by atoms with Gasteiger partial charge in [0.2, 0.25) is 0 Å². The van der Waals surface area contributed by atoms with Gasteiger partial charge in [-0.1, -0.05) is 19.1 Å². The fourth-order valence-electron chi connectivity index (χ4n) is 1.65. The Bertz CT molecular complexity index is 602. The Balaban J connectivity index is 2.15. The molecule has 1 aromatic carbocycles. The Morgan fingerprint density at radius 3 is 2.90 bits per heavy atom. The fraction of sp³-hybridized carbons (Fsp3) is 0.200. The van der Waals surface area contributed by atoms with E-state index in [-0.39, 0.29) is 5.91 Å². The first-order valence-electron chi connectivity index (χ1n) is 6.35. The molecule has 1 aromatic heterocycles. The number of nitrogens with zero attached hydrogens (tertiary/aromatic N) is 1. The zero-order valence-corrected chi connectivity index (χ0v) is 12.7. The van der Waals surface area contributed by atoms with Gasteiger partial charge in [-0.3, -0.25) is 4.79 Å². The molecular formula is C15H15BrN2O2. The number of pyridine rings is 1. The smallest absolute Gasteiger partial charge is 0.255 e. The van der Waals surface area contributed by atoms with E-state index in [1.165, 1.54) is 0 Å². The second kappa shape index (κ2) is 7.05. The molecule has 0 spiro atoms. The summed E-state index contributed by atoms with van der Waals surface area (Å²) in [6, 6.07) is 10.7. The molecule has 0 unspecified atom stereocenters. The summed E-state index contributed by atoms with van der Waals surface area (Å²) in [5.41, 5.74) is 1.20. The number of hydrogen-bond donors (Lipinski definition) is 1. The highest BCUT2D eigenvalue weighted by Gasteiger charge is 2.10. The summed E-state index contributed by atoms with van der Waals surface area (Å²) in [5, 5.41) is 2.85. The normalized spacial score (nSPS) is 10.1. The first kappa shape index (κ1) is 14.5. The molecule has 4 nitrogen and oxygen atoms in total. The van der Waals surface area contributed by atoms with Gasteiger partial charge in [-0.25, -0.2) is 4.98 Å². The SMILES string of the molecule is CCCOc1ccccc1NC(=O)c1ccnc(Br)c1. The number of anilines is 1. The maximum Gasteiger partial charge on any atom is 0.255 e. The Hall–Kier alpha value is -1.88.